The van der Waals surface area contributed by atoms with E-state index in [0.29, 0.717) is 11.1 Å². The molecule has 1 heterocycles. The van der Waals surface area contributed by atoms with Crippen molar-refractivity contribution in [2.24, 2.45) is 0 Å². The van der Waals surface area contributed by atoms with Gasteiger partial charge in [0.15, 0.2) is 8.32 Å². The van der Waals surface area contributed by atoms with Crippen LogP contribution in [0.5, 0.6) is 0 Å². The lowest BCUT2D eigenvalue weighted by molar-refractivity contribution is 0.0443. The van der Waals surface area contributed by atoms with Crippen molar-refractivity contribution < 1.29 is 18.8 Å². The minimum Gasteiger partial charge on any atom is -0.418 e. The molecule has 0 atom stereocenters. The summed E-state index contributed by atoms with van der Waals surface area (Å²) in [5.74, 6) is -1.07. The smallest absolute Gasteiger partial charge is 0.346 e. The molecule has 0 bridgehead atoms. The average molecular weight is 292 g/mol. The van der Waals surface area contributed by atoms with Gasteiger partial charge in [-0.25, -0.2) is 9.59 Å². The third-order valence-corrected chi connectivity index (χ3v) is 6.12. The van der Waals surface area contributed by atoms with Crippen LogP contribution in [0.15, 0.2) is 18.2 Å². The fourth-order valence-electron chi connectivity index (χ4n) is 2.47. The molecule has 1 aliphatic heterocycles. The number of cyclic esters (lactones) is 2. The van der Waals surface area contributed by atoms with Crippen LogP contribution < -0.4 is 0 Å². The summed E-state index contributed by atoms with van der Waals surface area (Å²) in [4.78, 5) is 22.8. The van der Waals surface area contributed by atoms with Crippen LogP contribution in [0, 0.1) is 0 Å². The second-order valence-electron chi connectivity index (χ2n) is 5.60. The van der Waals surface area contributed by atoms with Gasteiger partial charge in [-0.15, -0.1) is 0 Å². The van der Waals surface area contributed by atoms with E-state index in [2.05, 4.69) is 17.8 Å². The highest BCUT2D eigenvalue weighted by molar-refractivity contribution is 6.71. The van der Waals surface area contributed by atoms with Crippen molar-refractivity contribution in [3.63, 3.8) is 0 Å². The quantitative estimate of drug-likeness (QED) is 0.459. The number of rotatable bonds is 6. The van der Waals surface area contributed by atoms with Gasteiger partial charge in [0.25, 0.3) is 0 Å². The van der Waals surface area contributed by atoms with Crippen molar-refractivity contribution in [3.8, 4) is 0 Å². The molecule has 5 heteroatoms. The second-order valence-corrected chi connectivity index (χ2v) is 9.91. The topological polar surface area (TPSA) is 52.6 Å². The van der Waals surface area contributed by atoms with Gasteiger partial charge in [-0.3, -0.25) is 0 Å². The van der Waals surface area contributed by atoms with E-state index in [1.54, 1.807) is 12.1 Å². The highest BCUT2D eigenvalue weighted by atomic mass is 28.4. The van der Waals surface area contributed by atoms with Crippen LogP contribution in [0.4, 0.5) is 0 Å². The molecule has 0 aromatic heterocycles. The summed E-state index contributed by atoms with van der Waals surface area (Å²) in [6.45, 7) is 7.23. The number of esters is 2. The van der Waals surface area contributed by atoms with E-state index in [0.717, 1.165) is 31.1 Å². The fraction of sp³-hybridized carbons (Fsp3) is 0.467. The third-order valence-electron chi connectivity index (χ3n) is 3.49. The van der Waals surface area contributed by atoms with Crippen molar-refractivity contribution in [1.82, 2.24) is 0 Å². The molecular weight excluding hydrogens is 272 g/mol. The molecule has 20 heavy (non-hydrogen) atoms. The van der Waals surface area contributed by atoms with Crippen molar-refractivity contribution in [2.75, 3.05) is 6.61 Å². The lowest BCUT2D eigenvalue weighted by atomic mass is 10.0. The maximum Gasteiger partial charge on any atom is 0.346 e. The predicted octanol–water partition coefficient (Wildman–Crippen LogP) is 3.17. The standard InChI is InChI=1S/C15H20O4Si/c1-4-18-20(2,3)9-5-6-11-7-8-12-13(10-11)15(17)19-14(12)16/h7-8,10H,4-6,9H2,1-3H3. The third kappa shape index (κ3) is 3.35. The van der Waals surface area contributed by atoms with Crippen LogP contribution in [0.1, 0.15) is 39.6 Å². The van der Waals surface area contributed by atoms with Gasteiger partial charge in [0.05, 0.1) is 11.1 Å². The van der Waals surface area contributed by atoms with Crippen LogP contribution in [-0.2, 0) is 15.6 Å². The Balaban J connectivity index is 1.97. The number of ether oxygens (including phenoxy) is 1. The molecule has 0 N–H and O–H groups in total. The molecule has 0 fully saturated rings. The van der Waals surface area contributed by atoms with E-state index in [-0.39, 0.29) is 0 Å². The Morgan fingerprint density at radius 1 is 1.15 bits per heavy atom. The number of carbonyl (C=O) groups is 2. The second kappa shape index (κ2) is 5.89. The van der Waals surface area contributed by atoms with Gasteiger partial charge < -0.3 is 9.16 Å². The molecule has 1 aromatic rings. The van der Waals surface area contributed by atoms with Crippen molar-refractivity contribution in [2.45, 2.75) is 38.9 Å². The van der Waals surface area contributed by atoms with Gasteiger partial charge in [-0.05, 0) is 56.6 Å². The Hall–Kier alpha value is -1.46. The zero-order valence-electron chi connectivity index (χ0n) is 12.2. The minimum absolute atomic E-state index is 0.378. The van der Waals surface area contributed by atoms with Crippen molar-refractivity contribution in [3.05, 3.63) is 34.9 Å². The van der Waals surface area contributed by atoms with Crippen LogP contribution in [0.2, 0.25) is 19.1 Å². The first-order chi connectivity index (χ1) is 9.43. The number of aryl methyl sites for hydroxylation is 1. The van der Waals surface area contributed by atoms with Gasteiger partial charge in [0, 0.05) is 6.61 Å². The number of hydrogen-bond donors (Lipinski definition) is 0. The fourth-order valence-corrected chi connectivity index (χ4v) is 4.42. The van der Waals surface area contributed by atoms with Gasteiger partial charge in [0.2, 0.25) is 0 Å². The summed E-state index contributed by atoms with van der Waals surface area (Å²) in [7, 11) is -1.55. The normalized spacial score (nSPS) is 14.3. The summed E-state index contributed by atoms with van der Waals surface area (Å²) in [5.41, 5.74) is 1.84. The molecule has 0 unspecified atom stereocenters. The molecule has 4 nitrogen and oxygen atoms in total. The van der Waals surface area contributed by atoms with E-state index in [9.17, 15) is 9.59 Å². The maximum atomic E-state index is 11.5. The summed E-state index contributed by atoms with van der Waals surface area (Å²) in [6, 6.07) is 6.44. The van der Waals surface area contributed by atoms with E-state index in [1.807, 2.05) is 13.0 Å². The van der Waals surface area contributed by atoms with Gasteiger partial charge >= 0.3 is 11.9 Å². The Kier molecular flexibility index (Phi) is 4.40. The Morgan fingerprint density at radius 2 is 1.85 bits per heavy atom. The Morgan fingerprint density at radius 3 is 2.55 bits per heavy atom. The van der Waals surface area contributed by atoms with Gasteiger partial charge in [0.1, 0.15) is 0 Å². The van der Waals surface area contributed by atoms with Crippen LogP contribution in [-0.4, -0.2) is 26.9 Å². The molecule has 0 saturated heterocycles. The molecule has 0 spiro atoms. The zero-order chi connectivity index (χ0) is 14.8. The molecule has 1 aromatic carbocycles. The molecule has 108 valence electrons. The average Bonchev–Trinajstić information content (AvgIpc) is 2.64. The number of fused-ring (bicyclic) bond motifs is 1. The SMILES string of the molecule is CCO[Si](C)(C)CCCc1ccc2c(c1)C(=O)OC2=O. The minimum atomic E-state index is -1.55. The molecule has 0 aliphatic carbocycles. The first-order valence-corrected chi connectivity index (χ1v) is 10.1. The van der Waals surface area contributed by atoms with Crippen LogP contribution >= 0.6 is 0 Å². The highest BCUT2D eigenvalue weighted by Crippen LogP contribution is 2.23. The monoisotopic (exact) mass is 292 g/mol. The highest BCUT2D eigenvalue weighted by Gasteiger charge is 2.29. The maximum absolute atomic E-state index is 11.5. The predicted molar refractivity (Wildman–Crippen MR) is 78.4 cm³/mol. The number of benzene rings is 1. The van der Waals surface area contributed by atoms with Crippen molar-refractivity contribution in [1.29, 1.82) is 0 Å². The van der Waals surface area contributed by atoms with Crippen molar-refractivity contribution >= 4 is 20.3 Å². The molecular formula is C15H20O4Si. The van der Waals surface area contributed by atoms with E-state index in [1.165, 1.54) is 0 Å². The lowest BCUT2D eigenvalue weighted by Crippen LogP contribution is -2.30. The first-order valence-electron chi connectivity index (χ1n) is 6.96. The summed E-state index contributed by atoms with van der Waals surface area (Å²) < 4.78 is 10.4. The molecule has 1 aliphatic rings. The van der Waals surface area contributed by atoms with Crippen LogP contribution in [0.3, 0.4) is 0 Å². The van der Waals surface area contributed by atoms with Gasteiger partial charge in [-0.1, -0.05) is 6.07 Å². The summed E-state index contributed by atoms with van der Waals surface area (Å²) in [6.07, 6.45) is 1.92. The van der Waals surface area contributed by atoms with Crippen LogP contribution in [0.25, 0.3) is 0 Å². The molecule has 2 rings (SSSR count). The first kappa shape index (κ1) is 14.9. The molecule has 0 saturated carbocycles. The zero-order valence-corrected chi connectivity index (χ0v) is 13.2. The van der Waals surface area contributed by atoms with Gasteiger partial charge in [-0.2, -0.15) is 0 Å². The lowest BCUT2D eigenvalue weighted by Gasteiger charge is -2.21. The van der Waals surface area contributed by atoms with E-state index >= 15 is 0 Å². The Bertz CT molecular complexity index is 537. The van der Waals surface area contributed by atoms with E-state index < -0.39 is 20.3 Å². The largest absolute Gasteiger partial charge is 0.418 e. The number of hydrogen-bond acceptors (Lipinski definition) is 4. The molecule has 0 amide bonds. The number of carbonyl (C=O) groups excluding carboxylic acids is 2. The Labute approximate surface area is 120 Å². The molecule has 0 radical (unpaired) electrons. The summed E-state index contributed by atoms with van der Waals surface area (Å²) >= 11 is 0. The summed E-state index contributed by atoms with van der Waals surface area (Å²) in [5, 5.41) is 0. The van der Waals surface area contributed by atoms with E-state index in [4.69, 9.17) is 4.43 Å².